The maximum absolute atomic E-state index is 13.4. The van der Waals surface area contributed by atoms with Crippen LogP contribution in [0.15, 0.2) is 90.1 Å². The van der Waals surface area contributed by atoms with Crippen molar-refractivity contribution < 1.29 is 8.42 Å². The highest BCUT2D eigenvalue weighted by molar-refractivity contribution is 7.89. The molecule has 0 radical (unpaired) electrons. The fourth-order valence-electron chi connectivity index (χ4n) is 5.34. The number of fused-ring (bicyclic) bond motifs is 1. The van der Waals surface area contributed by atoms with E-state index in [9.17, 15) is 8.42 Å². The molecular weight excluding hydrogens is 534 g/mol. The van der Waals surface area contributed by atoms with Crippen molar-refractivity contribution in [2.75, 3.05) is 31.5 Å². The standard InChI is InChI=1S/C31H33N7O2S/c1-22-8-6-9-23(2)29(22)34-31-27-10-4-5-11-28(27)33-30(35-31)24(3)36-18-20-37(21-19-36)41(39,40)26-14-12-25(13-15-26)38-17-7-16-32-38/h4-17,24H,18-21H2,1-3H3,(H,33,34,35)/t24-/m1/s1. The summed E-state index contributed by atoms with van der Waals surface area (Å²) in [6.45, 7) is 8.23. The van der Waals surface area contributed by atoms with Gasteiger partial charge in [0.25, 0.3) is 0 Å². The van der Waals surface area contributed by atoms with Crippen LogP contribution >= 0.6 is 0 Å². The first kappa shape index (κ1) is 27.1. The molecule has 0 spiro atoms. The molecule has 0 amide bonds. The number of aryl methyl sites for hydroxylation is 2. The minimum Gasteiger partial charge on any atom is -0.339 e. The third-order valence-electron chi connectivity index (χ3n) is 7.78. The number of sulfonamides is 1. The molecule has 3 heterocycles. The SMILES string of the molecule is Cc1cccc(C)c1Nc1nc([C@@H](C)N2CCN(S(=O)(=O)c3ccc(-n4cccn4)cc3)CC2)nc2ccccc12. The molecule has 1 N–H and O–H groups in total. The molecule has 1 saturated heterocycles. The second-order valence-corrected chi connectivity index (χ2v) is 12.3. The van der Waals surface area contributed by atoms with Crippen LogP contribution in [0, 0.1) is 13.8 Å². The number of hydrogen-bond donors (Lipinski definition) is 1. The molecule has 1 aliphatic heterocycles. The zero-order chi connectivity index (χ0) is 28.6. The topological polar surface area (TPSA) is 96.2 Å². The third kappa shape index (κ3) is 5.33. The van der Waals surface area contributed by atoms with Crippen molar-refractivity contribution >= 4 is 32.4 Å². The van der Waals surface area contributed by atoms with Crippen LogP contribution in [0.2, 0.25) is 0 Å². The Balaban J connectivity index is 1.20. The van der Waals surface area contributed by atoms with Crippen LogP contribution in [0.1, 0.15) is 29.9 Å². The predicted octanol–water partition coefficient (Wildman–Crippen LogP) is 5.24. The monoisotopic (exact) mass is 567 g/mol. The van der Waals surface area contributed by atoms with Crippen LogP contribution < -0.4 is 5.32 Å². The first-order valence-electron chi connectivity index (χ1n) is 13.8. The van der Waals surface area contributed by atoms with E-state index in [-0.39, 0.29) is 10.9 Å². The molecule has 0 aliphatic carbocycles. The van der Waals surface area contributed by atoms with Crippen molar-refractivity contribution in [1.29, 1.82) is 0 Å². The first-order chi connectivity index (χ1) is 19.8. The van der Waals surface area contributed by atoms with E-state index in [0.29, 0.717) is 32.0 Å². The Kier molecular flexibility index (Phi) is 7.29. The fraction of sp³-hybridized carbons (Fsp3) is 0.258. The minimum absolute atomic E-state index is 0.0867. The van der Waals surface area contributed by atoms with Gasteiger partial charge in [-0.15, -0.1) is 0 Å². The molecule has 6 rings (SSSR count). The molecule has 41 heavy (non-hydrogen) atoms. The maximum atomic E-state index is 13.4. The molecule has 10 heteroatoms. The Morgan fingerprint density at radius 3 is 2.22 bits per heavy atom. The van der Waals surface area contributed by atoms with Crippen LogP contribution in [0.4, 0.5) is 11.5 Å². The Bertz CT molecular complexity index is 1760. The van der Waals surface area contributed by atoms with Gasteiger partial charge in [0.15, 0.2) is 0 Å². The van der Waals surface area contributed by atoms with Crippen LogP contribution in [0.25, 0.3) is 16.6 Å². The molecule has 9 nitrogen and oxygen atoms in total. The second kappa shape index (κ2) is 11.0. The lowest BCUT2D eigenvalue weighted by molar-refractivity contribution is 0.141. The molecular formula is C31H33N7O2S. The highest BCUT2D eigenvalue weighted by atomic mass is 32.2. The van der Waals surface area contributed by atoms with Gasteiger partial charge < -0.3 is 5.32 Å². The van der Waals surface area contributed by atoms with Crippen LogP contribution in [0.5, 0.6) is 0 Å². The number of nitrogens with one attached hydrogen (secondary N) is 1. The van der Waals surface area contributed by atoms with Crippen molar-refractivity contribution in [1.82, 2.24) is 29.0 Å². The Hall–Kier alpha value is -4.12. The van der Waals surface area contributed by atoms with E-state index in [2.05, 4.69) is 54.3 Å². The molecule has 5 aromatic rings. The first-order valence-corrected chi connectivity index (χ1v) is 15.2. The smallest absolute Gasteiger partial charge is 0.243 e. The molecule has 1 aliphatic rings. The van der Waals surface area contributed by atoms with E-state index in [1.807, 2.05) is 36.5 Å². The van der Waals surface area contributed by atoms with Gasteiger partial charge >= 0.3 is 0 Å². The van der Waals surface area contributed by atoms with Crippen molar-refractivity contribution in [3.8, 4) is 5.69 Å². The van der Waals surface area contributed by atoms with E-state index in [0.717, 1.165) is 39.2 Å². The predicted molar refractivity (Wildman–Crippen MR) is 161 cm³/mol. The lowest BCUT2D eigenvalue weighted by atomic mass is 10.1. The fourth-order valence-corrected chi connectivity index (χ4v) is 6.76. The van der Waals surface area contributed by atoms with Gasteiger partial charge in [-0.25, -0.2) is 23.1 Å². The quantitative estimate of drug-likeness (QED) is 0.287. The van der Waals surface area contributed by atoms with E-state index in [1.165, 1.54) is 0 Å². The number of rotatable bonds is 7. The van der Waals surface area contributed by atoms with E-state index in [1.54, 1.807) is 39.4 Å². The lowest BCUT2D eigenvalue weighted by Crippen LogP contribution is -2.49. The van der Waals surface area contributed by atoms with E-state index >= 15 is 0 Å². The van der Waals surface area contributed by atoms with Crippen LogP contribution in [0.3, 0.4) is 0 Å². The van der Waals surface area contributed by atoms with Gasteiger partial charge in [0.05, 0.1) is 22.1 Å². The lowest BCUT2D eigenvalue weighted by Gasteiger charge is -2.37. The summed E-state index contributed by atoms with van der Waals surface area (Å²) in [4.78, 5) is 12.4. The summed E-state index contributed by atoms with van der Waals surface area (Å²) >= 11 is 0. The van der Waals surface area contributed by atoms with Crippen LogP contribution in [-0.4, -0.2) is 63.6 Å². The molecule has 0 unspecified atom stereocenters. The highest BCUT2D eigenvalue weighted by Gasteiger charge is 2.31. The summed E-state index contributed by atoms with van der Waals surface area (Å²) in [6, 6.07) is 22.8. The molecule has 3 aromatic carbocycles. The van der Waals surface area contributed by atoms with Gasteiger partial charge in [-0.1, -0.05) is 30.3 Å². The Morgan fingerprint density at radius 1 is 0.829 bits per heavy atom. The zero-order valence-electron chi connectivity index (χ0n) is 23.4. The number of nitrogens with zero attached hydrogens (tertiary/aromatic N) is 6. The zero-order valence-corrected chi connectivity index (χ0v) is 24.2. The molecule has 1 fully saturated rings. The van der Waals surface area contributed by atoms with Gasteiger partial charge in [-0.3, -0.25) is 4.90 Å². The number of benzene rings is 3. The maximum Gasteiger partial charge on any atom is 0.243 e. The summed E-state index contributed by atoms with van der Waals surface area (Å²) in [5, 5.41) is 8.74. The van der Waals surface area contributed by atoms with Gasteiger partial charge in [-0.2, -0.15) is 9.40 Å². The van der Waals surface area contributed by atoms with Gasteiger partial charge in [0.1, 0.15) is 11.6 Å². The summed E-state index contributed by atoms with van der Waals surface area (Å²) < 4.78 is 30.1. The van der Waals surface area contributed by atoms with Crippen molar-refractivity contribution in [3.05, 3.63) is 102 Å². The number of aromatic nitrogens is 4. The van der Waals surface area contributed by atoms with Crippen molar-refractivity contribution in [2.45, 2.75) is 31.7 Å². The number of anilines is 2. The Morgan fingerprint density at radius 2 is 1.54 bits per heavy atom. The number of piperazine rings is 1. The van der Waals surface area contributed by atoms with E-state index < -0.39 is 10.0 Å². The summed E-state index contributed by atoms with van der Waals surface area (Å²) in [5.74, 6) is 1.48. The average molecular weight is 568 g/mol. The molecule has 2 aromatic heterocycles. The van der Waals surface area contributed by atoms with Gasteiger partial charge in [0.2, 0.25) is 10.0 Å². The van der Waals surface area contributed by atoms with Crippen molar-refractivity contribution in [2.24, 2.45) is 0 Å². The van der Waals surface area contributed by atoms with Gasteiger partial charge in [0, 0.05) is 49.6 Å². The molecule has 210 valence electrons. The largest absolute Gasteiger partial charge is 0.339 e. The molecule has 1 atom stereocenters. The molecule has 0 saturated carbocycles. The average Bonchev–Trinajstić information content (AvgIpc) is 3.54. The summed E-state index contributed by atoms with van der Waals surface area (Å²) in [6.07, 6.45) is 3.52. The summed E-state index contributed by atoms with van der Waals surface area (Å²) in [5.41, 5.74) is 5.03. The minimum atomic E-state index is -3.60. The highest BCUT2D eigenvalue weighted by Crippen LogP contribution is 2.30. The molecule has 0 bridgehead atoms. The summed E-state index contributed by atoms with van der Waals surface area (Å²) in [7, 11) is -3.60. The number of hydrogen-bond acceptors (Lipinski definition) is 7. The third-order valence-corrected chi connectivity index (χ3v) is 9.70. The van der Waals surface area contributed by atoms with Crippen molar-refractivity contribution in [3.63, 3.8) is 0 Å². The Labute approximate surface area is 240 Å². The normalized spacial score (nSPS) is 15.7. The van der Waals surface area contributed by atoms with E-state index in [4.69, 9.17) is 9.97 Å². The van der Waals surface area contributed by atoms with Gasteiger partial charge in [-0.05, 0) is 74.4 Å². The number of para-hydroxylation sites is 2. The second-order valence-electron chi connectivity index (χ2n) is 10.4. The van der Waals surface area contributed by atoms with Crippen LogP contribution in [-0.2, 0) is 10.0 Å².